The Morgan fingerprint density at radius 2 is 1.00 bits per heavy atom. The molecule has 2 aromatic carbocycles. The van der Waals surface area contributed by atoms with E-state index >= 15 is 0 Å². The topological polar surface area (TPSA) is 104 Å². The first-order valence-corrected chi connectivity index (χ1v) is 5.14. The van der Waals surface area contributed by atoms with E-state index in [4.69, 9.17) is 22.9 Å². The second kappa shape index (κ2) is 4.19. The van der Waals surface area contributed by atoms with Crippen molar-refractivity contribution in [3.63, 3.8) is 0 Å². The van der Waals surface area contributed by atoms with Gasteiger partial charge in [0.1, 0.15) is 0 Å². The van der Waals surface area contributed by atoms with E-state index in [1.807, 2.05) is 36.4 Å². The molecule has 16 heavy (non-hydrogen) atoms. The lowest BCUT2D eigenvalue weighted by Gasteiger charge is -2.10. The van der Waals surface area contributed by atoms with Crippen LogP contribution < -0.4 is 22.9 Å². The monoisotopic (exact) mass is 216 g/mol. The molecule has 0 amide bonds. The molecular weight excluding hydrogens is 200 g/mol. The van der Waals surface area contributed by atoms with Crippen molar-refractivity contribution in [1.29, 1.82) is 0 Å². The smallest absolute Gasteiger partial charge is 0.0784 e. The van der Waals surface area contributed by atoms with Crippen molar-refractivity contribution >= 4 is 10.8 Å². The maximum absolute atomic E-state index is 5.62. The maximum Gasteiger partial charge on any atom is 0.0784 e. The quantitative estimate of drug-likeness (QED) is 0.554. The second-order valence-corrected chi connectivity index (χ2v) is 3.92. The summed E-state index contributed by atoms with van der Waals surface area (Å²) in [5.74, 6) is 0. The van der Waals surface area contributed by atoms with Crippen molar-refractivity contribution in [2.75, 3.05) is 0 Å². The molecule has 8 N–H and O–H groups in total. The molecule has 84 valence electrons. The Morgan fingerprint density at radius 3 is 1.31 bits per heavy atom. The van der Waals surface area contributed by atoms with Crippen molar-refractivity contribution < 1.29 is 0 Å². The van der Waals surface area contributed by atoms with Crippen LogP contribution in [0.2, 0.25) is 0 Å². The van der Waals surface area contributed by atoms with Crippen LogP contribution in [0.25, 0.3) is 10.8 Å². The van der Waals surface area contributed by atoms with Gasteiger partial charge in [-0.2, -0.15) is 0 Å². The molecule has 0 radical (unpaired) electrons. The third-order valence-corrected chi connectivity index (χ3v) is 2.66. The molecule has 0 spiro atoms. The summed E-state index contributed by atoms with van der Waals surface area (Å²) in [5, 5.41) is 2.17. The van der Waals surface area contributed by atoms with E-state index in [1.165, 1.54) is 0 Å². The first-order valence-electron chi connectivity index (χ1n) is 5.14. The highest BCUT2D eigenvalue weighted by Crippen LogP contribution is 2.20. The SMILES string of the molecule is NC(N)c1ccc2cc(C(N)N)ccc2c1. The first-order chi connectivity index (χ1) is 7.58. The maximum atomic E-state index is 5.62. The molecule has 0 aromatic heterocycles. The van der Waals surface area contributed by atoms with Crippen LogP contribution in [-0.4, -0.2) is 0 Å². The first kappa shape index (κ1) is 11.0. The molecule has 2 aromatic rings. The van der Waals surface area contributed by atoms with E-state index in [9.17, 15) is 0 Å². The van der Waals surface area contributed by atoms with Gasteiger partial charge in [-0.3, -0.25) is 0 Å². The zero-order valence-electron chi connectivity index (χ0n) is 8.93. The van der Waals surface area contributed by atoms with Gasteiger partial charge in [-0.05, 0) is 34.0 Å². The minimum Gasteiger partial charge on any atom is -0.312 e. The van der Waals surface area contributed by atoms with Crippen molar-refractivity contribution in [3.05, 3.63) is 47.5 Å². The highest BCUT2D eigenvalue weighted by Gasteiger charge is 2.04. The molecule has 0 saturated carbocycles. The fourth-order valence-electron chi connectivity index (χ4n) is 1.70. The summed E-state index contributed by atoms with van der Waals surface area (Å²) in [6, 6.07) is 11.7. The van der Waals surface area contributed by atoms with Gasteiger partial charge in [0.15, 0.2) is 0 Å². The summed E-state index contributed by atoms with van der Waals surface area (Å²) in [5.41, 5.74) is 24.3. The standard InChI is InChI=1S/C12H16N4/c13-11(14)9-3-1-7-5-10(12(15)16)4-2-8(7)6-9/h1-6,11-12H,13-16H2. The van der Waals surface area contributed by atoms with Gasteiger partial charge in [0.05, 0.1) is 12.3 Å². The summed E-state index contributed by atoms with van der Waals surface area (Å²) in [6.07, 6.45) is -0.887. The Hall–Kier alpha value is -1.46. The fourth-order valence-corrected chi connectivity index (χ4v) is 1.70. The van der Waals surface area contributed by atoms with Crippen LogP contribution in [0.3, 0.4) is 0 Å². The molecule has 0 heterocycles. The molecule has 4 nitrogen and oxygen atoms in total. The summed E-state index contributed by atoms with van der Waals surface area (Å²) in [4.78, 5) is 0. The van der Waals surface area contributed by atoms with E-state index in [0.717, 1.165) is 21.9 Å². The summed E-state index contributed by atoms with van der Waals surface area (Å²) in [6.45, 7) is 0. The predicted molar refractivity (Wildman–Crippen MR) is 66.2 cm³/mol. The van der Waals surface area contributed by atoms with E-state index in [1.54, 1.807) is 0 Å². The number of hydrogen-bond donors (Lipinski definition) is 4. The molecule has 2 rings (SSSR count). The van der Waals surface area contributed by atoms with Crippen LogP contribution in [0.15, 0.2) is 36.4 Å². The van der Waals surface area contributed by atoms with Gasteiger partial charge in [-0.15, -0.1) is 0 Å². The van der Waals surface area contributed by atoms with Crippen molar-refractivity contribution in [1.82, 2.24) is 0 Å². The molecular formula is C12H16N4. The van der Waals surface area contributed by atoms with E-state index in [2.05, 4.69) is 0 Å². The second-order valence-electron chi connectivity index (χ2n) is 3.92. The van der Waals surface area contributed by atoms with E-state index in [-0.39, 0.29) is 0 Å². The number of fused-ring (bicyclic) bond motifs is 1. The Kier molecular flexibility index (Phi) is 2.89. The third kappa shape index (κ3) is 2.05. The van der Waals surface area contributed by atoms with Gasteiger partial charge >= 0.3 is 0 Å². The van der Waals surface area contributed by atoms with Gasteiger partial charge in [-0.1, -0.05) is 24.3 Å². The van der Waals surface area contributed by atoms with Crippen LogP contribution in [0, 0.1) is 0 Å². The van der Waals surface area contributed by atoms with E-state index in [0.29, 0.717) is 0 Å². The zero-order valence-corrected chi connectivity index (χ0v) is 8.93. The van der Waals surface area contributed by atoms with Gasteiger partial charge in [0.25, 0.3) is 0 Å². The van der Waals surface area contributed by atoms with Crippen LogP contribution in [-0.2, 0) is 0 Å². The molecule has 0 bridgehead atoms. The minimum atomic E-state index is -0.444. The molecule has 0 fully saturated rings. The lowest BCUT2D eigenvalue weighted by atomic mass is 10.0. The molecule has 0 aliphatic heterocycles. The molecule has 0 aliphatic rings. The fraction of sp³-hybridized carbons (Fsp3) is 0.167. The van der Waals surface area contributed by atoms with Crippen LogP contribution in [0.5, 0.6) is 0 Å². The van der Waals surface area contributed by atoms with Gasteiger partial charge in [0, 0.05) is 0 Å². The van der Waals surface area contributed by atoms with E-state index < -0.39 is 12.3 Å². The lowest BCUT2D eigenvalue weighted by molar-refractivity contribution is 0.773. The number of rotatable bonds is 2. The highest BCUT2D eigenvalue weighted by atomic mass is 14.8. The number of hydrogen-bond acceptors (Lipinski definition) is 4. The van der Waals surface area contributed by atoms with Crippen molar-refractivity contribution in [3.8, 4) is 0 Å². The Morgan fingerprint density at radius 1 is 0.625 bits per heavy atom. The molecule has 0 atom stereocenters. The summed E-state index contributed by atoms with van der Waals surface area (Å²) < 4.78 is 0. The molecule has 4 heteroatoms. The van der Waals surface area contributed by atoms with Gasteiger partial charge < -0.3 is 22.9 Å². The van der Waals surface area contributed by atoms with Crippen molar-refractivity contribution in [2.45, 2.75) is 12.3 Å². The molecule has 0 aliphatic carbocycles. The minimum absolute atomic E-state index is 0.444. The Bertz CT molecular complexity index is 458. The van der Waals surface area contributed by atoms with Gasteiger partial charge in [0.2, 0.25) is 0 Å². The average molecular weight is 216 g/mol. The van der Waals surface area contributed by atoms with Crippen LogP contribution >= 0.6 is 0 Å². The van der Waals surface area contributed by atoms with Gasteiger partial charge in [-0.25, -0.2) is 0 Å². The normalized spacial score (nSPS) is 11.6. The average Bonchev–Trinajstić information content (AvgIpc) is 2.27. The number of nitrogens with two attached hydrogens (primary N) is 4. The third-order valence-electron chi connectivity index (χ3n) is 2.66. The predicted octanol–water partition coefficient (Wildman–Crippen LogP) is 0.672. The lowest BCUT2D eigenvalue weighted by Crippen LogP contribution is -2.20. The molecule has 0 saturated heterocycles. The van der Waals surface area contributed by atoms with Crippen LogP contribution in [0.4, 0.5) is 0 Å². The van der Waals surface area contributed by atoms with Crippen LogP contribution in [0.1, 0.15) is 23.5 Å². The zero-order chi connectivity index (χ0) is 11.7. The Labute approximate surface area is 94.2 Å². The Balaban J connectivity index is 2.53. The largest absolute Gasteiger partial charge is 0.312 e. The number of benzene rings is 2. The molecule has 0 unspecified atom stereocenters. The summed E-state index contributed by atoms with van der Waals surface area (Å²) in [7, 11) is 0. The van der Waals surface area contributed by atoms with Crippen molar-refractivity contribution in [2.24, 2.45) is 22.9 Å². The highest BCUT2D eigenvalue weighted by molar-refractivity contribution is 5.84. The summed E-state index contributed by atoms with van der Waals surface area (Å²) >= 11 is 0.